The predicted molar refractivity (Wildman–Crippen MR) is 69.9 cm³/mol. The molecular formula is C12H14BrFN2O2. The molecule has 6 heteroatoms. The Morgan fingerprint density at radius 1 is 1.56 bits per heavy atom. The molecule has 0 saturated carbocycles. The number of nitrogens with zero attached hydrogens (tertiary/aromatic N) is 1. The molecule has 98 valence electrons. The van der Waals surface area contributed by atoms with Crippen LogP contribution >= 0.6 is 15.9 Å². The van der Waals surface area contributed by atoms with E-state index in [1.165, 1.54) is 18.2 Å². The number of nitrogens with one attached hydrogen (secondary N) is 1. The zero-order chi connectivity index (χ0) is 13.1. The molecule has 1 fully saturated rings. The zero-order valence-electron chi connectivity index (χ0n) is 9.70. The van der Waals surface area contributed by atoms with E-state index in [1.54, 1.807) is 4.90 Å². The van der Waals surface area contributed by atoms with E-state index in [4.69, 9.17) is 0 Å². The molecule has 1 aromatic rings. The molecule has 0 bridgehead atoms. The van der Waals surface area contributed by atoms with Gasteiger partial charge in [-0.3, -0.25) is 0 Å². The van der Waals surface area contributed by atoms with Crippen molar-refractivity contribution in [3.8, 4) is 0 Å². The Morgan fingerprint density at radius 2 is 2.33 bits per heavy atom. The average molecular weight is 317 g/mol. The summed E-state index contributed by atoms with van der Waals surface area (Å²) in [5.74, 6) is -0.374. The van der Waals surface area contributed by atoms with Crippen LogP contribution in [0.3, 0.4) is 0 Å². The number of hydrogen-bond acceptors (Lipinski definition) is 2. The number of hydrogen-bond donors (Lipinski definition) is 2. The van der Waals surface area contributed by atoms with Gasteiger partial charge >= 0.3 is 6.03 Å². The maximum atomic E-state index is 13.0. The summed E-state index contributed by atoms with van der Waals surface area (Å²) in [5, 5.41) is 12.2. The largest absolute Gasteiger partial charge is 0.391 e. The van der Waals surface area contributed by atoms with Crippen LogP contribution in [0.2, 0.25) is 0 Å². The van der Waals surface area contributed by atoms with Crippen LogP contribution in [0.5, 0.6) is 0 Å². The number of rotatable bonds is 1. The molecule has 2 N–H and O–H groups in total. The number of β-amino-alcohol motifs (C(OH)–C–C–N with tert-alkyl or cyclic N) is 1. The first-order valence-corrected chi connectivity index (χ1v) is 6.54. The second kappa shape index (κ2) is 5.67. The van der Waals surface area contributed by atoms with Crippen LogP contribution in [0.15, 0.2) is 22.7 Å². The van der Waals surface area contributed by atoms with Crippen molar-refractivity contribution in [2.45, 2.75) is 18.9 Å². The molecule has 2 rings (SSSR count). The van der Waals surface area contributed by atoms with E-state index < -0.39 is 6.10 Å². The quantitative estimate of drug-likeness (QED) is 0.836. The van der Waals surface area contributed by atoms with Crippen molar-refractivity contribution in [3.05, 3.63) is 28.5 Å². The Hall–Kier alpha value is -1.14. The van der Waals surface area contributed by atoms with Crippen LogP contribution in [-0.4, -0.2) is 35.2 Å². The van der Waals surface area contributed by atoms with Gasteiger partial charge in [0.25, 0.3) is 0 Å². The molecule has 0 spiro atoms. The molecule has 4 nitrogen and oxygen atoms in total. The fourth-order valence-electron chi connectivity index (χ4n) is 1.92. The summed E-state index contributed by atoms with van der Waals surface area (Å²) in [5.41, 5.74) is 0.522. The Morgan fingerprint density at radius 3 is 3.00 bits per heavy atom. The molecule has 18 heavy (non-hydrogen) atoms. The van der Waals surface area contributed by atoms with Gasteiger partial charge in [-0.15, -0.1) is 0 Å². The summed E-state index contributed by atoms with van der Waals surface area (Å²) in [7, 11) is 0. The number of aliphatic hydroxyl groups is 1. The van der Waals surface area contributed by atoms with Crippen molar-refractivity contribution >= 4 is 27.6 Å². The molecule has 0 aliphatic carbocycles. The standard InChI is InChI=1S/C12H14BrFN2O2/c13-10-6-8(3-4-11(10)14)15-12(18)16-5-1-2-9(17)7-16/h3-4,6,9,17H,1-2,5,7H2,(H,15,18). The highest BCUT2D eigenvalue weighted by Gasteiger charge is 2.22. The minimum atomic E-state index is -0.454. The highest BCUT2D eigenvalue weighted by Crippen LogP contribution is 2.20. The Labute approximate surface area is 113 Å². The van der Waals surface area contributed by atoms with Crippen LogP contribution in [-0.2, 0) is 0 Å². The number of benzene rings is 1. The van der Waals surface area contributed by atoms with Gasteiger partial charge in [0.15, 0.2) is 0 Å². The van der Waals surface area contributed by atoms with Gasteiger partial charge in [0.05, 0.1) is 10.6 Å². The summed E-state index contributed by atoms with van der Waals surface area (Å²) < 4.78 is 13.3. The molecule has 2 amide bonds. The minimum Gasteiger partial charge on any atom is -0.391 e. The van der Waals surface area contributed by atoms with Gasteiger partial charge in [0, 0.05) is 18.8 Å². The molecule has 1 saturated heterocycles. The van der Waals surface area contributed by atoms with Crippen LogP contribution in [0, 0.1) is 5.82 Å². The highest BCUT2D eigenvalue weighted by molar-refractivity contribution is 9.10. The molecule has 0 radical (unpaired) electrons. The average Bonchev–Trinajstić information content (AvgIpc) is 2.34. The van der Waals surface area contributed by atoms with Crippen molar-refractivity contribution in [1.82, 2.24) is 4.90 Å². The van der Waals surface area contributed by atoms with E-state index >= 15 is 0 Å². The van der Waals surface area contributed by atoms with E-state index in [1.807, 2.05) is 0 Å². The van der Waals surface area contributed by atoms with E-state index in [9.17, 15) is 14.3 Å². The summed E-state index contributed by atoms with van der Waals surface area (Å²) in [6, 6.07) is 4.02. The summed E-state index contributed by atoms with van der Waals surface area (Å²) in [6.07, 6.45) is 1.07. The number of urea groups is 1. The SMILES string of the molecule is O=C(Nc1ccc(F)c(Br)c1)N1CCCC(O)C1. The monoisotopic (exact) mass is 316 g/mol. The fraction of sp³-hybridized carbons (Fsp3) is 0.417. The number of anilines is 1. The predicted octanol–water partition coefficient (Wildman–Crippen LogP) is 2.58. The van der Waals surface area contributed by atoms with Gasteiger partial charge in [-0.25, -0.2) is 9.18 Å². The lowest BCUT2D eigenvalue weighted by atomic mass is 10.1. The first-order valence-electron chi connectivity index (χ1n) is 5.75. The first kappa shape index (κ1) is 13.3. The summed E-state index contributed by atoms with van der Waals surface area (Å²) in [6.45, 7) is 0.972. The van der Waals surface area contributed by atoms with Crippen LogP contribution in [0.25, 0.3) is 0 Å². The maximum Gasteiger partial charge on any atom is 0.321 e. The fourth-order valence-corrected chi connectivity index (χ4v) is 2.29. The molecule has 1 aromatic carbocycles. The van der Waals surface area contributed by atoms with E-state index in [-0.39, 0.29) is 11.8 Å². The molecule has 0 aromatic heterocycles. The molecule has 1 heterocycles. The van der Waals surface area contributed by atoms with Crippen molar-refractivity contribution in [2.24, 2.45) is 0 Å². The number of aliphatic hydroxyl groups excluding tert-OH is 1. The van der Waals surface area contributed by atoms with Gasteiger partial charge in [0.1, 0.15) is 5.82 Å². The highest BCUT2D eigenvalue weighted by atomic mass is 79.9. The van der Waals surface area contributed by atoms with Gasteiger partial charge in [0.2, 0.25) is 0 Å². The van der Waals surface area contributed by atoms with E-state index in [0.29, 0.717) is 23.2 Å². The zero-order valence-corrected chi connectivity index (χ0v) is 11.3. The Kier molecular flexibility index (Phi) is 4.19. The minimum absolute atomic E-state index is 0.271. The maximum absolute atomic E-state index is 13.0. The van der Waals surface area contributed by atoms with Gasteiger partial charge in [-0.05, 0) is 47.0 Å². The van der Waals surface area contributed by atoms with Gasteiger partial charge in [-0.2, -0.15) is 0 Å². The Bertz CT molecular complexity index is 456. The number of halogens is 2. The lowest BCUT2D eigenvalue weighted by Crippen LogP contribution is -2.44. The van der Waals surface area contributed by atoms with E-state index in [0.717, 1.165) is 12.8 Å². The van der Waals surface area contributed by atoms with Gasteiger partial charge < -0.3 is 15.3 Å². The topological polar surface area (TPSA) is 52.6 Å². The van der Waals surface area contributed by atoms with Crippen molar-refractivity contribution < 1.29 is 14.3 Å². The molecule has 1 unspecified atom stereocenters. The van der Waals surface area contributed by atoms with E-state index in [2.05, 4.69) is 21.2 Å². The van der Waals surface area contributed by atoms with Gasteiger partial charge in [-0.1, -0.05) is 0 Å². The smallest absolute Gasteiger partial charge is 0.321 e. The van der Waals surface area contributed by atoms with Crippen molar-refractivity contribution in [3.63, 3.8) is 0 Å². The number of likely N-dealkylation sites (tertiary alicyclic amines) is 1. The molecule has 1 aliphatic heterocycles. The first-order chi connectivity index (χ1) is 8.56. The summed E-state index contributed by atoms with van der Waals surface area (Å²) in [4.78, 5) is 13.5. The number of amides is 2. The second-order valence-corrected chi connectivity index (χ2v) is 5.16. The molecule has 1 atom stereocenters. The normalized spacial score (nSPS) is 19.7. The van der Waals surface area contributed by atoms with Crippen molar-refractivity contribution in [1.29, 1.82) is 0 Å². The lowest BCUT2D eigenvalue weighted by molar-refractivity contribution is 0.0883. The molecular weight excluding hydrogens is 303 g/mol. The third-order valence-corrected chi connectivity index (χ3v) is 3.46. The molecule has 1 aliphatic rings. The van der Waals surface area contributed by atoms with Crippen molar-refractivity contribution in [2.75, 3.05) is 18.4 Å². The Balaban J connectivity index is 2.00. The second-order valence-electron chi connectivity index (χ2n) is 4.30. The third-order valence-electron chi connectivity index (χ3n) is 2.85. The lowest BCUT2D eigenvalue weighted by Gasteiger charge is -2.30. The van der Waals surface area contributed by atoms with Crippen LogP contribution < -0.4 is 5.32 Å². The van der Waals surface area contributed by atoms with Crippen LogP contribution in [0.1, 0.15) is 12.8 Å². The van der Waals surface area contributed by atoms with Crippen LogP contribution in [0.4, 0.5) is 14.9 Å². The number of carbonyl (C=O) groups is 1. The third kappa shape index (κ3) is 3.20. The number of carbonyl (C=O) groups excluding carboxylic acids is 1. The number of piperidine rings is 1. The summed E-state index contributed by atoms with van der Waals surface area (Å²) >= 11 is 3.06.